The van der Waals surface area contributed by atoms with Crippen LogP contribution < -0.4 is 5.32 Å². The molecule has 1 aliphatic rings. The van der Waals surface area contributed by atoms with Gasteiger partial charge in [-0.15, -0.1) is 10.2 Å². The number of alkyl halides is 3. The van der Waals surface area contributed by atoms with E-state index < -0.39 is 60.4 Å². The number of carbonyl (C=O) groups is 2. The number of benzene rings is 1. The Kier molecular flexibility index (Phi) is 8.43. The number of nitrogens with zero attached hydrogens (tertiary/aromatic N) is 4. The van der Waals surface area contributed by atoms with Gasteiger partial charge in [-0.2, -0.15) is 13.2 Å². The molecule has 15 heteroatoms. The first-order valence-electron chi connectivity index (χ1n) is 10.8. The second-order valence-corrected chi connectivity index (χ2v) is 8.28. The average Bonchev–Trinajstić information content (AvgIpc) is 3.20. The van der Waals surface area contributed by atoms with Gasteiger partial charge < -0.3 is 18.9 Å². The SMILES string of the molecule is CC(C)OC(=O)OCNC(CC(=O)N1CCn2c(nnc2C(F)(F)F)C1)Cc1cc(F)c(F)cc1F. The van der Waals surface area contributed by atoms with Crippen LogP contribution in [0.15, 0.2) is 12.1 Å². The van der Waals surface area contributed by atoms with Gasteiger partial charge in [0.25, 0.3) is 0 Å². The summed E-state index contributed by atoms with van der Waals surface area (Å²) in [6, 6.07) is 0.101. The van der Waals surface area contributed by atoms with Crippen LogP contribution in [0.25, 0.3) is 0 Å². The Morgan fingerprint density at radius 3 is 2.44 bits per heavy atom. The van der Waals surface area contributed by atoms with E-state index in [4.69, 9.17) is 9.47 Å². The summed E-state index contributed by atoms with van der Waals surface area (Å²) in [6.07, 6.45) is -6.78. The first kappa shape index (κ1) is 27.2. The standard InChI is InChI=1S/C21H23F6N5O4/c1-11(2)36-20(34)35-10-28-13(5-12-6-15(23)16(24)8-14(12)22)7-18(33)31-3-4-32-17(9-31)29-30-19(32)21(25,26)27/h6,8,11,13,28H,3-5,7,9-10H2,1-2H3. The molecule has 1 aliphatic heterocycles. The van der Waals surface area contributed by atoms with Crippen molar-refractivity contribution in [3.8, 4) is 0 Å². The maximum absolute atomic E-state index is 14.2. The molecule has 1 unspecified atom stereocenters. The molecule has 3 rings (SSSR count). The molecule has 36 heavy (non-hydrogen) atoms. The van der Waals surface area contributed by atoms with Crippen molar-refractivity contribution < 1.29 is 45.4 Å². The topological polar surface area (TPSA) is 98.6 Å². The molecule has 0 radical (unpaired) electrons. The monoisotopic (exact) mass is 523 g/mol. The van der Waals surface area contributed by atoms with E-state index in [1.165, 1.54) is 4.90 Å². The van der Waals surface area contributed by atoms with Crippen molar-refractivity contribution >= 4 is 12.1 Å². The highest BCUT2D eigenvalue weighted by atomic mass is 19.4. The molecule has 0 aliphatic carbocycles. The molecule has 1 N–H and O–H groups in total. The predicted octanol–water partition coefficient (Wildman–Crippen LogP) is 3.17. The molecule has 1 aromatic carbocycles. The van der Waals surface area contributed by atoms with E-state index in [-0.39, 0.29) is 43.9 Å². The maximum Gasteiger partial charge on any atom is 0.509 e. The third kappa shape index (κ3) is 6.86. The van der Waals surface area contributed by atoms with Crippen LogP contribution in [0, 0.1) is 17.5 Å². The largest absolute Gasteiger partial charge is 0.509 e. The fourth-order valence-electron chi connectivity index (χ4n) is 3.57. The summed E-state index contributed by atoms with van der Waals surface area (Å²) in [6.45, 7) is 2.24. The van der Waals surface area contributed by atoms with Gasteiger partial charge in [0.05, 0.1) is 12.6 Å². The number of aromatic nitrogens is 3. The maximum atomic E-state index is 14.2. The van der Waals surface area contributed by atoms with E-state index in [1.54, 1.807) is 13.8 Å². The van der Waals surface area contributed by atoms with Gasteiger partial charge in [-0.05, 0) is 31.9 Å². The minimum absolute atomic E-state index is 0.0575. The van der Waals surface area contributed by atoms with Crippen LogP contribution in [0.3, 0.4) is 0 Å². The van der Waals surface area contributed by atoms with Crippen molar-refractivity contribution in [2.24, 2.45) is 0 Å². The first-order chi connectivity index (χ1) is 16.8. The quantitative estimate of drug-likeness (QED) is 0.246. The van der Waals surface area contributed by atoms with Gasteiger partial charge in [0.2, 0.25) is 11.7 Å². The van der Waals surface area contributed by atoms with Gasteiger partial charge in [0.1, 0.15) is 12.5 Å². The van der Waals surface area contributed by atoms with Crippen molar-refractivity contribution in [1.29, 1.82) is 0 Å². The molecule has 0 saturated carbocycles. The van der Waals surface area contributed by atoms with Crippen molar-refractivity contribution in [3.05, 3.63) is 46.8 Å². The van der Waals surface area contributed by atoms with Crippen LogP contribution in [0.5, 0.6) is 0 Å². The second-order valence-electron chi connectivity index (χ2n) is 8.28. The number of halogens is 6. The Morgan fingerprint density at radius 2 is 1.78 bits per heavy atom. The molecule has 1 amide bonds. The van der Waals surface area contributed by atoms with Crippen LogP contribution in [0.1, 0.15) is 37.5 Å². The molecule has 1 atom stereocenters. The molecule has 0 spiro atoms. The zero-order chi connectivity index (χ0) is 26.6. The van der Waals surface area contributed by atoms with Crippen LogP contribution >= 0.6 is 0 Å². The van der Waals surface area contributed by atoms with E-state index in [0.717, 1.165) is 4.57 Å². The lowest BCUT2D eigenvalue weighted by atomic mass is 10.0. The van der Waals surface area contributed by atoms with Crippen molar-refractivity contribution in [2.45, 2.75) is 58.1 Å². The smallest absolute Gasteiger partial charge is 0.432 e. The molecule has 0 saturated heterocycles. The lowest BCUT2D eigenvalue weighted by Crippen LogP contribution is -2.43. The zero-order valence-electron chi connectivity index (χ0n) is 19.2. The lowest BCUT2D eigenvalue weighted by molar-refractivity contribution is -0.148. The molecular weight excluding hydrogens is 500 g/mol. The van der Waals surface area contributed by atoms with Gasteiger partial charge in [-0.25, -0.2) is 18.0 Å². The van der Waals surface area contributed by atoms with Gasteiger partial charge in [-0.1, -0.05) is 0 Å². The molecule has 2 aromatic rings. The Bertz CT molecular complexity index is 1110. The van der Waals surface area contributed by atoms with Crippen LogP contribution in [0.2, 0.25) is 0 Å². The second kappa shape index (κ2) is 11.1. The van der Waals surface area contributed by atoms with Gasteiger partial charge in [0, 0.05) is 31.6 Å². The molecule has 2 heterocycles. The van der Waals surface area contributed by atoms with E-state index in [1.807, 2.05) is 0 Å². The highest BCUT2D eigenvalue weighted by Crippen LogP contribution is 2.29. The summed E-state index contributed by atoms with van der Waals surface area (Å²) in [5, 5.41) is 9.37. The number of amides is 1. The van der Waals surface area contributed by atoms with Gasteiger partial charge in [0.15, 0.2) is 17.5 Å². The number of ether oxygens (including phenoxy) is 2. The van der Waals surface area contributed by atoms with E-state index in [0.29, 0.717) is 12.1 Å². The third-order valence-corrected chi connectivity index (χ3v) is 5.23. The average molecular weight is 523 g/mol. The molecule has 0 bridgehead atoms. The Balaban J connectivity index is 1.70. The summed E-state index contributed by atoms with van der Waals surface area (Å²) in [4.78, 5) is 25.7. The Hall–Kier alpha value is -3.36. The number of hydrogen-bond donors (Lipinski definition) is 1. The fourth-order valence-corrected chi connectivity index (χ4v) is 3.57. The minimum atomic E-state index is -4.70. The van der Waals surface area contributed by atoms with Crippen molar-refractivity contribution in [1.82, 2.24) is 25.0 Å². The minimum Gasteiger partial charge on any atom is -0.432 e. The number of hydrogen-bond acceptors (Lipinski definition) is 7. The Morgan fingerprint density at radius 1 is 1.08 bits per heavy atom. The molecule has 9 nitrogen and oxygen atoms in total. The number of carbonyl (C=O) groups excluding carboxylic acids is 2. The third-order valence-electron chi connectivity index (χ3n) is 5.23. The van der Waals surface area contributed by atoms with Crippen molar-refractivity contribution in [3.63, 3.8) is 0 Å². The number of nitrogens with one attached hydrogen (secondary N) is 1. The summed E-state index contributed by atoms with van der Waals surface area (Å²) >= 11 is 0. The number of rotatable bonds is 8. The fraction of sp³-hybridized carbons (Fsp3) is 0.524. The molecule has 198 valence electrons. The predicted molar refractivity (Wildman–Crippen MR) is 110 cm³/mol. The van der Waals surface area contributed by atoms with Crippen LogP contribution in [-0.2, 0) is 40.0 Å². The van der Waals surface area contributed by atoms with Gasteiger partial charge >= 0.3 is 12.3 Å². The Labute approximate surface area is 201 Å². The normalized spacial score (nSPS) is 14.5. The summed E-state index contributed by atoms with van der Waals surface area (Å²) in [5.74, 6) is -5.47. The van der Waals surface area contributed by atoms with Gasteiger partial charge in [-0.3, -0.25) is 10.1 Å². The highest BCUT2D eigenvalue weighted by Gasteiger charge is 2.40. The summed E-state index contributed by atoms with van der Waals surface area (Å²) < 4.78 is 90.8. The lowest BCUT2D eigenvalue weighted by Gasteiger charge is -2.29. The first-order valence-corrected chi connectivity index (χ1v) is 10.8. The summed E-state index contributed by atoms with van der Waals surface area (Å²) in [5.41, 5.74) is -0.239. The summed E-state index contributed by atoms with van der Waals surface area (Å²) in [7, 11) is 0. The van der Waals surface area contributed by atoms with Crippen molar-refractivity contribution in [2.75, 3.05) is 13.3 Å². The molecule has 1 aromatic heterocycles. The van der Waals surface area contributed by atoms with E-state index >= 15 is 0 Å². The van der Waals surface area contributed by atoms with Crippen LogP contribution in [0.4, 0.5) is 31.1 Å². The van der Waals surface area contributed by atoms with E-state index in [2.05, 4.69) is 15.5 Å². The van der Waals surface area contributed by atoms with E-state index in [9.17, 15) is 35.9 Å². The number of fused-ring (bicyclic) bond motifs is 1. The molecule has 0 fully saturated rings. The zero-order valence-corrected chi connectivity index (χ0v) is 19.2. The van der Waals surface area contributed by atoms with Crippen LogP contribution in [-0.4, -0.2) is 57.1 Å². The highest BCUT2D eigenvalue weighted by molar-refractivity contribution is 5.77. The molecular formula is C21H23F6N5O4.